The van der Waals surface area contributed by atoms with Crippen LogP contribution in [-0.2, 0) is 11.3 Å². The Morgan fingerprint density at radius 1 is 1.24 bits per heavy atom. The summed E-state index contributed by atoms with van der Waals surface area (Å²) >= 11 is 0. The highest BCUT2D eigenvalue weighted by Crippen LogP contribution is 2.27. The summed E-state index contributed by atoms with van der Waals surface area (Å²) in [5.41, 5.74) is 1.80. The van der Waals surface area contributed by atoms with E-state index < -0.39 is 0 Å². The number of ether oxygens (including phenoxy) is 1. The Labute approximate surface area is 149 Å². The molecule has 0 saturated heterocycles. The van der Waals surface area contributed by atoms with Crippen LogP contribution in [0, 0.1) is 5.92 Å². The van der Waals surface area contributed by atoms with Crippen LogP contribution in [0.3, 0.4) is 0 Å². The van der Waals surface area contributed by atoms with Gasteiger partial charge in [0.2, 0.25) is 0 Å². The van der Waals surface area contributed by atoms with Crippen molar-refractivity contribution in [1.82, 2.24) is 15.1 Å². The number of anilines is 1. The summed E-state index contributed by atoms with van der Waals surface area (Å²) in [6, 6.07) is 9.89. The molecule has 1 heterocycles. The molecular weight excluding hydrogens is 316 g/mol. The summed E-state index contributed by atoms with van der Waals surface area (Å²) in [5, 5.41) is 10.2. The Kier molecular flexibility index (Phi) is 7.47. The molecule has 0 radical (unpaired) electrons. The van der Waals surface area contributed by atoms with Gasteiger partial charge in [0.25, 0.3) is 0 Å². The average Bonchev–Trinajstić information content (AvgIpc) is 3.08. The van der Waals surface area contributed by atoms with Gasteiger partial charge in [-0.3, -0.25) is 4.68 Å². The van der Waals surface area contributed by atoms with Crippen LogP contribution in [0.2, 0.25) is 0 Å². The van der Waals surface area contributed by atoms with E-state index in [9.17, 15) is 4.79 Å². The number of urea groups is 1. The van der Waals surface area contributed by atoms with Crippen molar-refractivity contribution in [2.75, 3.05) is 19.0 Å². The average molecular weight is 344 g/mol. The number of hydrogen-bond donors (Lipinski definition) is 2. The molecule has 1 aromatic carbocycles. The first-order valence-corrected chi connectivity index (χ1v) is 8.81. The highest BCUT2D eigenvalue weighted by Gasteiger charge is 2.22. The third-order valence-electron chi connectivity index (χ3n) is 4.38. The maximum atomic E-state index is 12.5. The van der Waals surface area contributed by atoms with Crippen LogP contribution in [-0.4, -0.2) is 29.5 Å². The van der Waals surface area contributed by atoms with Crippen LogP contribution in [0.25, 0.3) is 0 Å². The van der Waals surface area contributed by atoms with Gasteiger partial charge in [0, 0.05) is 13.3 Å². The fourth-order valence-corrected chi connectivity index (χ4v) is 2.94. The first kappa shape index (κ1) is 19.0. The van der Waals surface area contributed by atoms with Gasteiger partial charge < -0.3 is 15.4 Å². The lowest BCUT2D eigenvalue weighted by molar-refractivity contribution is 0.183. The topological polar surface area (TPSA) is 68.2 Å². The molecule has 25 heavy (non-hydrogen) atoms. The van der Waals surface area contributed by atoms with Gasteiger partial charge in [0.1, 0.15) is 0 Å². The molecule has 0 aliphatic carbocycles. The van der Waals surface area contributed by atoms with E-state index in [1.165, 1.54) is 0 Å². The zero-order valence-electron chi connectivity index (χ0n) is 15.2. The molecule has 1 unspecified atom stereocenters. The standard InChI is InChI=1S/C19H28N4O2/c1-4-15(5-2)18(16-9-7-6-8-10-16)22-19(24)21-17-13-20-23(14-17)11-12-25-3/h6-10,13-15,18H,4-5,11-12H2,1-3H3,(H2,21,22,24). The number of nitrogens with one attached hydrogen (secondary N) is 2. The van der Waals surface area contributed by atoms with Crippen molar-refractivity contribution in [3.8, 4) is 0 Å². The number of aromatic nitrogens is 2. The number of methoxy groups -OCH3 is 1. The SMILES string of the molecule is CCC(CC)C(NC(=O)Nc1cnn(CCOC)c1)c1ccccc1. The Bertz CT molecular complexity index is 638. The Hall–Kier alpha value is -2.34. The number of nitrogens with zero attached hydrogens (tertiary/aromatic N) is 2. The van der Waals surface area contributed by atoms with Gasteiger partial charge in [0.05, 0.1) is 31.1 Å². The van der Waals surface area contributed by atoms with Crippen LogP contribution in [0.15, 0.2) is 42.7 Å². The van der Waals surface area contributed by atoms with Crippen molar-refractivity contribution in [2.24, 2.45) is 5.92 Å². The van der Waals surface area contributed by atoms with Crippen molar-refractivity contribution in [2.45, 2.75) is 39.3 Å². The number of hydrogen-bond acceptors (Lipinski definition) is 3. The number of benzene rings is 1. The van der Waals surface area contributed by atoms with Crippen molar-refractivity contribution in [3.05, 3.63) is 48.3 Å². The van der Waals surface area contributed by atoms with E-state index in [0.717, 1.165) is 18.4 Å². The Morgan fingerprint density at radius 2 is 1.96 bits per heavy atom. The van der Waals surface area contributed by atoms with Crippen LogP contribution >= 0.6 is 0 Å². The molecule has 6 heteroatoms. The smallest absolute Gasteiger partial charge is 0.319 e. The van der Waals surface area contributed by atoms with Crippen molar-refractivity contribution in [1.29, 1.82) is 0 Å². The van der Waals surface area contributed by atoms with Gasteiger partial charge in [0.15, 0.2) is 0 Å². The third-order valence-corrected chi connectivity index (χ3v) is 4.38. The molecule has 1 atom stereocenters. The zero-order chi connectivity index (χ0) is 18.1. The minimum absolute atomic E-state index is 0.0141. The molecular formula is C19H28N4O2. The summed E-state index contributed by atoms with van der Waals surface area (Å²) in [7, 11) is 1.65. The van der Waals surface area contributed by atoms with Crippen LogP contribution < -0.4 is 10.6 Å². The maximum absolute atomic E-state index is 12.5. The molecule has 2 amide bonds. The van der Waals surface area contributed by atoms with E-state index in [2.05, 4.69) is 41.7 Å². The molecule has 2 rings (SSSR count). The van der Waals surface area contributed by atoms with Crippen molar-refractivity contribution < 1.29 is 9.53 Å². The predicted molar refractivity (Wildman–Crippen MR) is 99.5 cm³/mol. The van der Waals surface area contributed by atoms with Crippen LogP contribution in [0.1, 0.15) is 38.3 Å². The van der Waals surface area contributed by atoms with Crippen molar-refractivity contribution in [3.63, 3.8) is 0 Å². The van der Waals surface area contributed by atoms with Gasteiger partial charge in [-0.15, -0.1) is 0 Å². The van der Waals surface area contributed by atoms with Crippen LogP contribution in [0.4, 0.5) is 10.5 Å². The van der Waals surface area contributed by atoms with E-state index in [0.29, 0.717) is 24.8 Å². The van der Waals surface area contributed by atoms with Gasteiger partial charge in [-0.2, -0.15) is 5.10 Å². The summed E-state index contributed by atoms with van der Waals surface area (Å²) in [6.45, 7) is 5.55. The lowest BCUT2D eigenvalue weighted by Gasteiger charge is -2.27. The number of rotatable bonds is 9. The molecule has 0 spiro atoms. The fourth-order valence-electron chi connectivity index (χ4n) is 2.94. The highest BCUT2D eigenvalue weighted by atomic mass is 16.5. The normalized spacial score (nSPS) is 12.2. The fraction of sp³-hybridized carbons (Fsp3) is 0.474. The largest absolute Gasteiger partial charge is 0.383 e. The lowest BCUT2D eigenvalue weighted by Crippen LogP contribution is -2.36. The molecule has 0 aliphatic rings. The number of carbonyl (C=O) groups excluding carboxylic acids is 1. The molecule has 0 aliphatic heterocycles. The molecule has 0 saturated carbocycles. The van der Waals surface area contributed by atoms with E-state index in [-0.39, 0.29) is 12.1 Å². The van der Waals surface area contributed by atoms with Crippen molar-refractivity contribution >= 4 is 11.7 Å². The monoisotopic (exact) mass is 344 g/mol. The number of amides is 2. The Morgan fingerprint density at radius 3 is 2.60 bits per heavy atom. The second kappa shape index (κ2) is 9.84. The summed E-state index contributed by atoms with van der Waals surface area (Å²) in [6.07, 6.45) is 5.45. The van der Waals surface area contributed by atoms with Crippen LogP contribution in [0.5, 0.6) is 0 Å². The first-order chi connectivity index (χ1) is 12.2. The number of carbonyl (C=O) groups is 1. The summed E-state index contributed by atoms with van der Waals surface area (Å²) in [4.78, 5) is 12.5. The Balaban J connectivity index is 2.02. The second-order valence-corrected chi connectivity index (χ2v) is 6.05. The maximum Gasteiger partial charge on any atom is 0.319 e. The minimum atomic E-state index is -0.216. The van der Waals surface area contributed by atoms with E-state index in [1.54, 1.807) is 24.2 Å². The quantitative estimate of drug-likeness (QED) is 0.726. The van der Waals surface area contributed by atoms with Gasteiger partial charge in [-0.05, 0) is 11.5 Å². The molecule has 136 valence electrons. The molecule has 2 N–H and O–H groups in total. The van der Waals surface area contributed by atoms with Gasteiger partial charge in [-0.25, -0.2) is 4.79 Å². The van der Waals surface area contributed by atoms with Gasteiger partial charge in [-0.1, -0.05) is 57.0 Å². The zero-order valence-corrected chi connectivity index (χ0v) is 15.2. The highest BCUT2D eigenvalue weighted by molar-refractivity contribution is 5.89. The second-order valence-electron chi connectivity index (χ2n) is 6.05. The minimum Gasteiger partial charge on any atom is -0.383 e. The van der Waals surface area contributed by atoms with E-state index in [4.69, 9.17) is 4.74 Å². The molecule has 0 bridgehead atoms. The first-order valence-electron chi connectivity index (χ1n) is 8.81. The summed E-state index contributed by atoms with van der Waals surface area (Å²) < 4.78 is 6.77. The van der Waals surface area contributed by atoms with E-state index in [1.807, 2.05) is 18.2 Å². The predicted octanol–water partition coefficient (Wildman–Crippen LogP) is 3.83. The summed E-state index contributed by atoms with van der Waals surface area (Å²) in [5.74, 6) is 0.387. The van der Waals surface area contributed by atoms with Gasteiger partial charge >= 0.3 is 6.03 Å². The molecule has 6 nitrogen and oxygen atoms in total. The molecule has 0 fully saturated rings. The van der Waals surface area contributed by atoms with E-state index >= 15 is 0 Å². The lowest BCUT2D eigenvalue weighted by atomic mass is 9.89. The molecule has 2 aromatic rings. The third kappa shape index (κ3) is 5.60. The molecule has 1 aromatic heterocycles.